The predicted octanol–water partition coefficient (Wildman–Crippen LogP) is 5.86. The number of rotatable bonds is 8. The molecule has 1 atom stereocenters. The third kappa shape index (κ3) is 6.56. The number of phenols is 1. The molecule has 0 saturated carbocycles. The van der Waals surface area contributed by atoms with Gasteiger partial charge in [0.1, 0.15) is 11.0 Å². The van der Waals surface area contributed by atoms with Crippen LogP contribution in [0.25, 0.3) is 0 Å². The number of unbranched alkanes of at least 4 members (excludes halogenated alkanes) is 1. The Morgan fingerprint density at radius 1 is 1.24 bits per heavy atom. The van der Waals surface area contributed by atoms with Crippen molar-refractivity contribution in [3.63, 3.8) is 0 Å². The first-order valence-electron chi connectivity index (χ1n) is 10.6. The van der Waals surface area contributed by atoms with Crippen molar-refractivity contribution in [2.45, 2.75) is 38.4 Å². The molecule has 176 valence electrons. The molecule has 0 aromatic heterocycles. The second-order valence-corrected chi connectivity index (χ2v) is 9.29. The van der Waals surface area contributed by atoms with Crippen molar-refractivity contribution in [3.05, 3.63) is 46.4 Å². The average molecular weight is 510 g/mol. The van der Waals surface area contributed by atoms with Crippen LogP contribution in [-0.4, -0.2) is 45.4 Å². The van der Waals surface area contributed by atoms with Gasteiger partial charge in [-0.1, -0.05) is 48.3 Å². The van der Waals surface area contributed by atoms with E-state index in [0.29, 0.717) is 35.4 Å². The van der Waals surface area contributed by atoms with Crippen molar-refractivity contribution < 1.29 is 19.4 Å². The molecule has 2 aromatic carbocycles. The van der Waals surface area contributed by atoms with Gasteiger partial charge < -0.3 is 15.2 Å². The molecule has 1 heterocycles. The molecule has 2 aromatic rings. The Balaban J connectivity index is 1.82. The van der Waals surface area contributed by atoms with Crippen LogP contribution in [0.4, 0.5) is 11.4 Å². The van der Waals surface area contributed by atoms with E-state index in [2.05, 4.69) is 10.3 Å². The van der Waals surface area contributed by atoms with Crippen LogP contribution < -0.4 is 10.1 Å². The number of nitrogens with one attached hydrogen (secondary N) is 1. The molecule has 0 bridgehead atoms. The number of carbonyl (C=O) groups is 2. The van der Waals surface area contributed by atoms with Crippen LogP contribution in [0.2, 0.25) is 10.0 Å². The van der Waals surface area contributed by atoms with Gasteiger partial charge in [0.2, 0.25) is 11.8 Å². The summed E-state index contributed by atoms with van der Waals surface area (Å²) in [7, 11) is 0. The topological polar surface area (TPSA) is 91.2 Å². The molecular weight excluding hydrogens is 485 g/mol. The number of phenolic OH excluding ortho intramolecular Hbond substituents is 1. The van der Waals surface area contributed by atoms with Crippen LogP contribution in [0.15, 0.2) is 41.4 Å². The van der Waals surface area contributed by atoms with E-state index in [1.807, 2.05) is 13.8 Å². The van der Waals surface area contributed by atoms with Gasteiger partial charge >= 0.3 is 0 Å². The number of halogens is 2. The molecule has 1 aliphatic rings. The van der Waals surface area contributed by atoms with E-state index in [9.17, 15) is 14.7 Å². The summed E-state index contributed by atoms with van der Waals surface area (Å²) in [6, 6.07) is 9.97. The fraction of sp³-hybridized carbons (Fsp3) is 0.348. The van der Waals surface area contributed by atoms with Crippen molar-refractivity contribution in [2.75, 3.05) is 18.5 Å². The molecule has 33 heavy (non-hydrogen) atoms. The molecule has 3 rings (SSSR count). The minimum absolute atomic E-state index is 0.0545. The minimum atomic E-state index is -0.649. The lowest BCUT2D eigenvalue weighted by atomic mass is 10.2. The predicted molar refractivity (Wildman–Crippen MR) is 134 cm³/mol. The van der Waals surface area contributed by atoms with E-state index < -0.39 is 5.25 Å². The maximum atomic E-state index is 12.9. The molecule has 0 unspecified atom stereocenters. The minimum Gasteiger partial charge on any atom is -0.505 e. The van der Waals surface area contributed by atoms with Crippen LogP contribution >= 0.6 is 35.0 Å². The Labute approximate surface area is 207 Å². The highest BCUT2D eigenvalue weighted by atomic mass is 35.5. The van der Waals surface area contributed by atoms with Gasteiger partial charge in [-0.25, -0.2) is 4.99 Å². The fourth-order valence-corrected chi connectivity index (χ4v) is 4.73. The Bertz CT molecular complexity index is 1020. The van der Waals surface area contributed by atoms with E-state index in [1.54, 1.807) is 29.2 Å². The first-order valence-corrected chi connectivity index (χ1v) is 12.2. The van der Waals surface area contributed by atoms with Gasteiger partial charge in [-0.15, -0.1) is 0 Å². The van der Waals surface area contributed by atoms with Crippen molar-refractivity contribution in [3.8, 4) is 11.5 Å². The zero-order valence-electron chi connectivity index (χ0n) is 18.3. The van der Waals surface area contributed by atoms with Gasteiger partial charge in [-0.3, -0.25) is 14.5 Å². The summed E-state index contributed by atoms with van der Waals surface area (Å²) in [6.07, 6.45) is 1.76. The van der Waals surface area contributed by atoms with E-state index >= 15 is 0 Å². The SMILES string of the molecule is CCCCN1C(=O)C[C@H](C(=O)Nc2ccc(OCC)cc2)SC1=Nc1cc(Cl)c(O)c(Cl)c1. The largest absolute Gasteiger partial charge is 0.505 e. The molecule has 1 fully saturated rings. The quantitative estimate of drug-likeness (QED) is 0.464. The maximum Gasteiger partial charge on any atom is 0.238 e. The number of aliphatic imine (C=N–C) groups is 1. The second-order valence-electron chi connectivity index (χ2n) is 7.31. The number of anilines is 1. The van der Waals surface area contributed by atoms with Crippen LogP contribution in [0, 0.1) is 0 Å². The van der Waals surface area contributed by atoms with Crippen molar-refractivity contribution in [1.29, 1.82) is 0 Å². The Morgan fingerprint density at radius 2 is 1.91 bits per heavy atom. The van der Waals surface area contributed by atoms with Gasteiger partial charge in [0, 0.05) is 18.7 Å². The van der Waals surface area contributed by atoms with Crippen LogP contribution in [0.1, 0.15) is 33.1 Å². The first kappa shape index (κ1) is 25.2. The zero-order chi connectivity index (χ0) is 24.0. The molecular formula is C23H25Cl2N3O4S. The Morgan fingerprint density at radius 3 is 2.52 bits per heavy atom. The standard InChI is InChI=1S/C23H25Cl2N3O4S/c1-3-5-10-28-20(29)13-19(22(31)26-14-6-8-16(9-7-14)32-4-2)33-23(28)27-15-11-17(24)21(30)18(25)12-15/h6-9,11-12,19,30H,3-5,10,13H2,1-2H3,(H,26,31)/t19-/m1/s1. The maximum absolute atomic E-state index is 12.9. The number of ether oxygens (including phenoxy) is 1. The molecule has 0 radical (unpaired) electrons. The number of thioether (sulfide) groups is 1. The fourth-order valence-electron chi connectivity index (χ4n) is 3.13. The summed E-state index contributed by atoms with van der Waals surface area (Å²) in [5.74, 6) is 0.0147. The lowest BCUT2D eigenvalue weighted by Gasteiger charge is -2.31. The van der Waals surface area contributed by atoms with Crippen LogP contribution in [0.3, 0.4) is 0 Å². The summed E-state index contributed by atoms with van der Waals surface area (Å²) in [6.45, 7) is 4.98. The summed E-state index contributed by atoms with van der Waals surface area (Å²) >= 11 is 13.3. The van der Waals surface area contributed by atoms with Gasteiger partial charge in [-0.05, 0) is 49.7 Å². The number of amides is 2. The number of hydrogen-bond acceptors (Lipinski definition) is 6. The highest BCUT2D eigenvalue weighted by molar-refractivity contribution is 8.15. The normalized spacial score (nSPS) is 17.3. The molecule has 7 nitrogen and oxygen atoms in total. The van der Waals surface area contributed by atoms with Crippen LogP contribution in [0.5, 0.6) is 11.5 Å². The molecule has 2 N–H and O–H groups in total. The summed E-state index contributed by atoms with van der Waals surface area (Å²) in [4.78, 5) is 32.0. The summed E-state index contributed by atoms with van der Waals surface area (Å²) in [5.41, 5.74) is 0.993. The molecule has 0 spiro atoms. The first-order chi connectivity index (χ1) is 15.8. The average Bonchev–Trinajstić information content (AvgIpc) is 2.78. The lowest BCUT2D eigenvalue weighted by molar-refractivity contribution is -0.129. The van der Waals surface area contributed by atoms with Gasteiger partial charge in [-0.2, -0.15) is 0 Å². The van der Waals surface area contributed by atoms with Gasteiger partial charge in [0.25, 0.3) is 0 Å². The van der Waals surface area contributed by atoms with Gasteiger partial charge in [0.15, 0.2) is 10.9 Å². The second kappa shape index (κ2) is 11.6. The molecule has 1 aliphatic heterocycles. The summed E-state index contributed by atoms with van der Waals surface area (Å²) in [5, 5.41) is 12.5. The van der Waals surface area contributed by atoms with E-state index in [4.69, 9.17) is 27.9 Å². The number of nitrogens with zero attached hydrogens (tertiary/aromatic N) is 2. The highest BCUT2D eigenvalue weighted by Crippen LogP contribution is 2.37. The third-order valence-corrected chi connectivity index (χ3v) is 6.59. The zero-order valence-corrected chi connectivity index (χ0v) is 20.6. The number of amidine groups is 1. The summed E-state index contributed by atoms with van der Waals surface area (Å²) < 4.78 is 5.42. The number of hydrogen-bond donors (Lipinski definition) is 2. The monoisotopic (exact) mass is 509 g/mol. The molecule has 2 amide bonds. The highest BCUT2D eigenvalue weighted by Gasteiger charge is 2.35. The van der Waals surface area contributed by atoms with E-state index in [1.165, 1.54) is 23.9 Å². The van der Waals surface area contributed by atoms with Crippen molar-refractivity contribution in [1.82, 2.24) is 4.90 Å². The van der Waals surface area contributed by atoms with Crippen LogP contribution in [-0.2, 0) is 9.59 Å². The number of aromatic hydroxyl groups is 1. The smallest absolute Gasteiger partial charge is 0.238 e. The van der Waals surface area contributed by atoms with Gasteiger partial charge in [0.05, 0.1) is 22.3 Å². The number of carbonyl (C=O) groups excluding carboxylic acids is 2. The van der Waals surface area contributed by atoms with Crippen molar-refractivity contribution >= 4 is 63.3 Å². The van der Waals surface area contributed by atoms with E-state index in [0.717, 1.165) is 12.8 Å². The third-order valence-electron chi connectivity index (χ3n) is 4.83. The molecule has 1 saturated heterocycles. The van der Waals surface area contributed by atoms with E-state index in [-0.39, 0.29) is 34.0 Å². The lowest BCUT2D eigenvalue weighted by Crippen LogP contribution is -2.45. The van der Waals surface area contributed by atoms with Crippen molar-refractivity contribution in [2.24, 2.45) is 4.99 Å². The Hall–Kier alpha value is -2.42. The number of benzene rings is 2. The molecule has 10 heteroatoms. The Kier molecular flexibility index (Phi) is 8.88. The molecule has 0 aliphatic carbocycles.